The van der Waals surface area contributed by atoms with Crippen LogP contribution in [0.1, 0.15) is 22.3 Å². The van der Waals surface area contributed by atoms with Gasteiger partial charge in [-0.2, -0.15) is 0 Å². The molecule has 0 bridgehead atoms. The monoisotopic (exact) mass is 806 g/mol. The summed E-state index contributed by atoms with van der Waals surface area (Å²) >= 11 is 1.85. The van der Waals surface area contributed by atoms with Crippen LogP contribution in [0.2, 0.25) is 0 Å². The maximum atomic E-state index is 5.45. The Balaban J connectivity index is 1.08. The van der Waals surface area contributed by atoms with Gasteiger partial charge in [-0.3, -0.25) is 0 Å². The normalized spacial score (nSPS) is 12.6. The summed E-state index contributed by atoms with van der Waals surface area (Å²) in [6.45, 7) is 0. The Bertz CT molecular complexity index is 3420. The molecule has 1 aliphatic carbocycles. The van der Waals surface area contributed by atoms with Crippen molar-refractivity contribution in [2.24, 2.45) is 0 Å². The quantitative estimate of drug-likeness (QED) is 0.160. The predicted octanol–water partition coefficient (Wildman–Crippen LogP) is 15.5. The van der Waals surface area contributed by atoms with Crippen LogP contribution in [0.15, 0.2) is 231 Å². The number of rotatable bonds is 7. The average molecular weight is 807 g/mol. The Kier molecular flexibility index (Phi) is 8.62. The first kappa shape index (κ1) is 36.2. The number of fused-ring (bicyclic) bond motifs is 6. The second-order valence-electron chi connectivity index (χ2n) is 16.0. The van der Waals surface area contributed by atoms with Crippen molar-refractivity contribution in [3.8, 4) is 67.3 Å². The molecule has 62 heavy (non-hydrogen) atoms. The fourth-order valence-corrected chi connectivity index (χ4v) is 11.0. The molecular weight excluding hydrogens is 769 g/mol. The van der Waals surface area contributed by atoms with Crippen LogP contribution in [-0.4, -0.2) is 9.97 Å². The lowest BCUT2D eigenvalue weighted by Crippen LogP contribution is -2.28. The van der Waals surface area contributed by atoms with Gasteiger partial charge in [-0.15, -0.1) is 11.3 Å². The molecule has 0 fully saturated rings. The Morgan fingerprint density at radius 3 is 1.56 bits per heavy atom. The number of thiophene rings is 1. The number of aromatic nitrogens is 2. The Morgan fingerprint density at radius 2 is 0.839 bits per heavy atom. The van der Waals surface area contributed by atoms with Crippen LogP contribution in [0.3, 0.4) is 0 Å². The molecule has 0 radical (unpaired) electrons. The smallest absolute Gasteiger partial charge is 0.160 e. The van der Waals surface area contributed by atoms with E-state index in [-0.39, 0.29) is 0 Å². The van der Waals surface area contributed by atoms with E-state index in [9.17, 15) is 0 Å². The maximum absolute atomic E-state index is 5.45. The van der Waals surface area contributed by atoms with Gasteiger partial charge in [-0.1, -0.05) is 206 Å². The van der Waals surface area contributed by atoms with Gasteiger partial charge in [-0.25, -0.2) is 9.97 Å². The molecule has 2 aromatic heterocycles. The largest absolute Gasteiger partial charge is 0.228 e. The van der Waals surface area contributed by atoms with Gasteiger partial charge in [0.05, 0.1) is 16.8 Å². The summed E-state index contributed by atoms with van der Waals surface area (Å²) in [5, 5.41) is 2.59. The van der Waals surface area contributed by atoms with Gasteiger partial charge >= 0.3 is 0 Å². The number of nitrogens with zero attached hydrogens (tertiary/aromatic N) is 2. The van der Waals surface area contributed by atoms with Crippen molar-refractivity contribution >= 4 is 31.5 Å². The standard InChI is InChI=1S/C59H38N2S/c1-4-19-39(20-5-1)58-60-53(46-28-13-12-27-45(46)44-26-11-10-25-43(44)40-35-36-56-50(37-40)47-29-15-17-34-55(47)62-56)38-54(61-58)49-31-18-33-52-57(49)48-30-14-16-32-51(48)59(52,41-21-6-2-7-22-41)42-23-8-3-9-24-42/h1-38H. The molecule has 3 heteroatoms. The fraction of sp³-hybridized carbons (Fsp3) is 0.0169. The number of benzene rings is 9. The first-order valence-electron chi connectivity index (χ1n) is 21.2. The van der Waals surface area contributed by atoms with Crippen LogP contribution in [0.25, 0.3) is 87.5 Å². The molecule has 0 spiro atoms. The molecule has 1 aliphatic rings. The second-order valence-corrected chi connectivity index (χ2v) is 17.1. The Labute approximate surface area is 365 Å². The van der Waals surface area contributed by atoms with E-state index in [1.54, 1.807) is 0 Å². The molecule has 2 nitrogen and oxygen atoms in total. The van der Waals surface area contributed by atoms with Crippen LogP contribution in [-0.2, 0) is 5.41 Å². The molecule has 0 saturated heterocycles. The molecule has 12 rings (SSSR count). The second kappa shape index (κ2) is 14.8. The van der Waals surface area contributed by atoms with E-state index in [1.165, 1.54) is 64.7 Å². The van der Waals surface area contributed by atoms with Crippen molar-refractivity contribution in [1.29, 1.82) is 0 Å². The number of hydrogen-bond donors (Lipinski definition) is 0. The molecule has 0 aliphatic heterocycles. The zero-order chi connectivity index (χ0) is 41.0. The molecule has 0 atom stereocenters. The van der Waals surface area contributed by atoms with Crippen molar-refractivity contribution < 1.29 is 0 Å². The molecule has 0 unspecified atom stereocenters. The minimum atomic E-state index is -0.517. The molecule has 2 heterocycles. The van der Waals surface area contributed by atoms with Crippen molar-refractivity contribution in [3.63, 3.8) is 0 Å². The molecule has 9 aromatic carbocycles. The summed E-state index contributed by atoms with van der Waals surface area (Å²) in [5.74, 6) is 0.692. The maximum Gasteiger partial charge on any atom is 0.160 e. The van der Waals surface area contributed by atoms with Crippen molar-refractivity contribution in [3.05, 3.63) is 253 Å². The highest BCUT2D eigenvalue weighted by Crippen LogP contribution is 2.58. The third-order valence-electron chi connectivity index (χ3n) is 12.6. The van der Waals surface area contributed by atoms with Crippen LogP contribution < -0.4 is 0 Å². The summed E-state index contributed by atoms with van der Waals surface area (Å²) in [5.41, 5.74) is 16.4. The lowest BCUT2D eigenvalue weighted by Gasteiger charge is -2.33. The summed E-state index contributed by atoms with van der Waals surface area (Å²) in [6.07, 6.45) is 0. The van der Waals surface area contributed by atoms with Crippen molar-refractivity contribution in [2.45, 2.75) is 5.41 Å². The van der Waals surface area contributed by atoms with Gasteiger partial charge in [-0.05, 0) is 79.9 Å². The van der Waals surface area contributed by atoms with E-state index in [1.807, 2.05) is 17.4 Å². The van der Waals surface area contributed by atoms with Gasteiger partial charge in [0.15, 0.2) is 5.82 Å². The minimum absolute atomic E-state index is 0.517. The zero-order valence-electron chi connectivity index (χ0n) is 33.7. The first-order chi connectivity index (χ1) is 30.8. The topological polar surface area (TPSA) is 25.8 Å². The van der Waals surface area contributed by atoms with E-state index in [0.717, 1.165) is 39.2 Å². The zero-order valence-corrected chi connectivity index (χ0v) is 34.6. The van der Waals surface area contributed by atoms with E-state index < -0.39 is 5.41 Å². The van der Waals surface area contributed by atoms with Crippen LogP contribution in [0, 0.1) is 0 Å². The Hall–Kier alpha value is -7.72. The van der Waals surface area contributed by atoms with Gasteiger partial charge in [0, 0.05) is 36.9 Å². The Morgan fingerprint density at radius 1 is 0.323 bits per heavy atom. The molecule has 11 aromatic rings. The third kappa shape index (κ3) is 5.70. The lowest BCUT2D eigenvalue weighted by molar-refractivity contribution is 0.768. The van der Waals surface area contributed by atoms with E-state index in [4.69, 9.17) is 9.97 Å². The van der Waals surface area contributed by atoms with Crippen LogP contribution >= 0.6 is 11.3 Å². The van der Waals surface area contributed by atoms with Crippen LogP contribution in [0.4, 0.5) is 0 Å². The third-order valence-corrected chi connectivity index (χ3v) is 13.8. The molecule has 290 valence electrons. The fourth-order valence-electron chi connectivity index (χ4n) is 9.95. The van der Waals surface area contributed by atoms with Gasteiger partial charge in [0.2, 0.25) is 0 Å². The first-order valence-corrected chi connectivity index (χ1v) is 22.0. The summed E-state index contributed by atoms with van der Waals surface area (Å²) in [7, 11) is 0. The van der Waals surface area contributed by atoms with E-state index in [2.05, 4.69) is 224 Å². The van der Waals surface area contributed by atoms with Gasteiger partial charge in [0.25, 0.3) is 0 Å². The highest BCUT2D eigenvalue weighted by atomic mass is 32.1. The highest BCUT2D eigenvalue weighted by Gasteiger charge is 2.46. The average Bonchev–Trinajstić information content (AvgIpc) is 3.88. The lowest BCUT2D eigenvalue weighted by atomic mass is 9.67. The summed E-state index contributed by atoms with van der Waals surface area (Å²) < 4.78 is 2.61. The summed E-state index contributed by atoms with van der Waals surface area (Å²) in [6, 6.07) is 83.4. The van der Waals surface area contributed by atoms with Gasteiger partial charge < -0.3 is 0 Å². The molecule has 0 N–H and O–H groups in total. The summed E-state index contributed by atoms with van der Waals surface area (Å²) in [4.78, 5) is 10.9. The predicted molar refractivity (Wildman–Crippen MR) is 259 cm³/mol. The van der Waals surface area contributed by atoms with E-state index in [0.29, 0.717) is 5.82 Å². The highest BCUT2D eigenvalue weighted by molar-refractivity contribution is 7.25. The van der Waals surface area contributed by atoms with Crippen molar-refractivity contribution in [2.75, 3.05) is 0 Å². The van der Waals surface area contributed by atoms with Crippen LogP contribution in [0.5, 0.6) is 0 Å². The molecule has 0 amide bonds. The SMILES string of the molecule is c1ccc(-c2nc(-c3ccccc3-c3ccccc3-c3ccc4sc5ccccc5c4c3)cc(-c3cccc4c3-c3ccccc3C4(c3ccccc3)c3ccccc3)n2)cc1. The molecule has 0 saturated carbocycles. The minimum Gasteiger partial charge on any atom is -0.228 e. The van der Waals surface area contributed by atoms with Crippen molar-refractivity contribution in [1.82, 2.24) is 9.97 Å². The molecular formula is C59H38N2S. The number of hydrogen-bond acceptors (Lipinski definition) is 3. The van der Waals surface area contributed by atoms with Gasteiger partial charge in [0.1, 0.15) is 0 Å². The van der Waals surface area contributed by atoms with E-state index >= 15 is 0 Å².